The maximum Gasteiger partial charge on any atom is 0.410 e. The molecule has 0 bridgehead atoms. The molecule has 0 radical (unpaired) electrons. The van der Waals surface area contributed by atoms with Gasteiger partial charge in [-0.15, -0.1) is 0 Å². The van der Waals surface area contributed by atoms with Crippen molar-refractivity contribution in [1.82, 2.24) is 4.90 Å². The van der Waals surface area contributed by atoms with Crippen molar-refractivity contribution in [3.05, 3.63) is 53.3 Å². The van der Waals surface area contributed by atoms with E-state index < -0.39 is 15.7 Å². The van der Waals surface area contributed by atoms with E-state index >= 15 is 0 Å². The van der Waals surface area contributed by atoms with Gasteiger partial charge in [0.05, 0.1) is 23.2 Å². The minimum atomic E-state index is -3.45. The minimum Gasteiger partial charge on any atom is -0.489 e. The molecule has 4 rings (SSSR count). The molecule has 1 unspecified atom stereocenters. The van der Waals surface area contributed by atoms with Crippen LogP contribution < -0.4 is 9.64 Å². The highest BCUT2D eigenvalue weighted by Crippen LogP contribution is 2.29. The Morgan fingerprint density at radius 1 is 1.12 bits per heavy atom. The Bertz CT molecular complexity index is 1150. The molecule has 33 heavy (non-hydrogen) atoms. The number of hydrogen-bond donors (Lipinski definition) is 0. The van der Waals surface area contributed by atoms with Gasteiger partial charge in [0.1, 0.15) is 17.7 Å². The zero-order valence-corrected chi connectivity index (χ0v) is 19.9. The van der Waals surface area contributed by atoms with Crippen molar-refractivity contribution in [3.8, 4) is 5.75 Å². The normalized spacial score (nSPS) is 18.4. The minimum absolute atomic E-state index is 0.0270. The van der Waals surface area contributed by atoms with Crippen molar-refractivity contribution in [3.63, 3.8) is 0 Å². The van der Waals surface area contributed by atoms with Gasteiger partial charge < -0.3 is 19.3 Å². The highest BCUT2D eigenvalue weighted by Gasteiger charge is 2.28. The number of hydrogen-bond acceptors (Lipinski definition) is 6. The highest BCUT2D eigenvalue weighted by atomic mass is 32.2. The van der Waals surface area contributed by atoms with Crippen molar-refractivity contribution in [2.45, 2.75) is 50.3 Å². The van der Waals surface area contributed by atoms with E-state index in [1.165, 1.54) is 12.1 Å². The first-order chi connectivity index (χ1) is 15.6. The molecule has 2 aromatic rings. The van der Waals surface area contributed by atoms with Crippen molar-refractivity contribution in [1.29, 1.82) is 0 Å². The van der Waals surface area contributed by atoms with E-state index in [1.807, 2.05) is 36.9 Å². The molecule has 0 N–H and O–H groups in total. The highest BCUT2D eigenvalue weighted by molar-refractivity contribution is 7.90. The third kappa shape index (κ3) is 5.40. The number of benzene rings is 2. The molecule has 1 fully saturated rings. The lowest BCUT2D eigenvalue weighted by atomic mass is 10.00. The number of carbonyl (C=O) groups excluding carboxylic acids is 1. The predicted octanol–water partition coefficient (Wildman–Crippen LogP) is 3.79. The van der Waals surface area contributed by atoms with Crippen LogP contribution in [0.4, 0.5) is 14.9 Å². The zero-order valence-electron chi connectivity index (χ0n) is 19.1. The lowest BCUT2D eigenvalue weighted by molar-refractivity contribution is 0.0729. The quantitative estimate of drug-likeness (QED) is 0.654. The van der Waals surface area contributed by atoms with Crippen LogP contribution >= 0.6 is 0 Å². The van der Waals surface area contributed by atoms with E-state index in [0.717, 1.165) is 42.0 Å². The topological polar surface area (TPSA) is 76.2 Å². The fourth-order valence-corrected chi connectivity index (χ4v) is 4.88. The summed E-state index contributed by atoms with van der Waals surface area (Å²) in [6, 6.07) is 9.93. The van der Waals surface area contributed by atoms with Crippen LogP contribution in [0.3, 0.4) is 0 Å². The van der Waals surface area contributed by atoms with Crippen LogP contribution in [0.25, 0.3) is 0 Å². The predicted molar refractivity (Wildman–Crippen MR) is 123 cm³/mol. The molecule has 178 valence electrons. The lowest BCUT2D eigenvalue weighted by Gasteiger charge is -2.29. The van der Waals surface area contributed by atoms with Crippen LogP contribution in [-0.2, 0) is 27.5 Å². The average molecular weight is 477 g/mol. The van der Waals surface area contributed by atoms with Crippen LogP contribution in [0.2, 0.25) is 0 Å². The maximum atomic E-state index is 14.5. The average Bonchev–Trinajstić information content (AvgIpc) is 3.20. The van der Waals surface area contributed by atoms with E-state index in [2.05, 4.69) is 0 Å². The Balaban J connectivity index is 1.38. The third-order valence-corrected chi connectivity index (χ3v) is 7.03. The van der Waals surface area contributed by atoms with E-state index in [9.17, 15) is 17.6 Å². The van der Waals surface area contributed by atoms with E-state index in [-0.39, 0.29) is 23.2 Å². The Morgan fingerprint density at radius 2 is 1.91 bits per heavy atom. The molecule has 7 nitrogen and oxygen atoms in total. The van der Waals surface area contributed by atoms with Gasteiger partial charge in [0.15, 0.2) is 9.84 Å². The summed E-state index contributed by atoms with van der Waals surface area (Å²) < 4.78 is 49.3. The monoisotopic (exact) mass is 476 g/mol. The van der Waals surface area contributed by atoms with Crippen LogP contribution in [0.15, 0.2) is 41.3 Å². The number of fused-ring (bicyclic) bond motifs is 1. The molecular weight excluding hydrogens is 447 g/mol. The molecule has 0 spiro atoms. The summed E-state index contributed by atoms with van der Waals surface area (Å²) in [6.07, 6.45) is 1.99. The number of carbonyl (C=O) groups is 1. The molecule has 0 saturated carbocycles. The lowest BCUT2D eigenvalue weighted by Crippen LogP contribution is -2.37. The smallest absolute Gasteiger partial charge is 0.410 e. The molecule has 1 saturated heterocycles. The Kier molecular flexibility index (Phi) is 6.52. The Labute approximate surface area is 194 Å². The number of ether oxygens (including phenoxy) is 2. The standard InChI is InChI=1S/C24H29FN2O5S/c1-16(2)31-24(28)27-10-8-17-12-19(5-4-18(17)14-27)32-20-9-11-26(15-20)23-7-6-21(13-22(23)25)33(3,29)30/h4-7,12-13,16,20H,8-11,14-15H2,1-3H3. The number of nitrogens with zero attached hydrogens (tertiary/aromatic N) is 2. The summed E-state index contributed by atoms with van der Waals surface area (Å²) in [7, 11) is -3.45. The molecule has 2 aromatic carbocycles. The van der Waals surface area contributed by atoms with E-state index in [1.54, 1.807) is 4.90 Å². The Morgan fingerprint density at radius 3 is 2.61 bits per heavy atom. The largest absolute Gasteiger partial charge is 0.489 e. The van der Waals surface area contributed by atoms with Crippen molar-refractivity contribution >= 4 is 21.6 Å². The number of amides is 1. The molecule has 2 aliphatic rings. The first kappa shape index (κ1) is 23.4. The van der Waals surface area contributed by atoms with Crippen LogP contribution in [0.5, 0.6) is 5.75 Å². The second kappa shape index (κ2) is 9.21. The molecule has 0 aromatic heterocycles. The third-order valence-electron chi connectivity index (χ3n) is 5.92. The summed E-state index contributed by atoms with van der Waals surface area (Å²) >= 11 is 0. The van der Waals surface area contributed by atoms with Crippen molar-refractivity contribution in [2.24, 2.45) is 0 Å². The van der Waals surface area contributed by atoms with Gasteiger partial charge in [-0.3, -0.25) is 0 Å². The zero-order chi connectivity index (χ0) is 23.8. The first-order valence-corrected chi connectivity index (χ1v) is 13.0. The van der Waals surface area contributed by atoms with Gasteiger partial charge in [-0.2, -0.15) is 0 Å². The Hall–Kier alpha value is -2.81. The van der Waals surface area contributed by atoms with Gasteiger partial charge in [-0.05, 0) is 61.7 Å². The van der Waals surface area contributed by atoms with Crippen molar-refractivity contribution in [2.75, 3.05) is 30.8 Å². The van der Waals surface area contributed by atoms with Gasteiger partial charge in [-0.25, -0.2) is 17.6 Å². The SMILES string of the molecule is CC(C)OC(=O)N1CCc2cc(OC3CCN(c4ccc(S(C)(=O)=O)cc4F)C3)ccc2C1. The number of halogens is 1. The molecule has 1 amide bonds. The molecule has 9 heteroatoms. The fourth-order valence-electron chi connectivity index (χ4n) is 4.25. The van der Waals surface area contributed by atoms with Gasteiger partial charge in [0.2, 0.25) is 0 Å². The van der Waals surface area contributed by atoms with Crippen molar-refractivity contribution < 1.29 is 27.1 Å². The van der Waals surface area contributed by atoms with E-state index in [4.69, 9.17) is 9.47 Å². The van der Waals surface area contributed by atoms with Gasteiger partial charge in [0, 0.05) is 32.3 Å². The number of anilines is 1. The molecular formula is C24H29FN2O5S. The summed E-state index contributed by atoms with van der Waals surface area (Å²) in [4.78, 5) is 15.7. The maximum absolute atomic E-state index is 14.5. The van der Waals surface area contributed by atoms with Crippen LogP contribution in [0, 0.1) is 5.82 Å². The molecule has 1 atom stereocenters. The first-order valence-electron chi connectivity index (χ1n) is 11.1. The molecule has 2 heterocycles. The fraction of sp³-hybridized carbons (Fsp3) is 0.458. The van der Waals surface area contributed by atoms with Gasteiger partial charge in [0.25, 0.3) is 0 Å². The van der Waals surface area contributed by atoms with Crippen LogP contribution in [-0.4, -0.2) is 57.5 Å². The summed E-state index contributed by atoms with van der Waals surface area (Å²) in [5.41, 5.74) is 2.61. The summed E-state index contributed by atoms with van der Waals surface area (Å²) in [5.74, 6) is 0.208. The molecule has 0 aliphatic carbocycles. The number of rotatable bonds is 5. The number of sulfone groups is 1. The second-order valence-electron chi connectivity index (χ2n) is 8.89. The van der Waals surface area contributed by atoms with Gasteiger partial charge >= 0.3 is 6.09 Å². The van der Waals surface area contributed by atoms with Gasteiger partial charge in [-0.1, -0.05) is 6.07 Å². The van der Waals surface area contributed by atoms with E-state index in [0.29, 0.717) is 31.9 Å². The summed E-state index contributed by atoms with van der Waals surface area (Å²) in [6.45, 7) is 5.92. The van der Waals surface area contributed by atoms with Crippen LogP contribution in [0.1, 0.15) is 31.4 Å². The molecule has 2 aliphatic heterocycles. The summed E-state index contributed by atoms with van der Waals surface area (Å²) in [5, 5.41) is 0. The second-order valence-corrected chi connectivity index (χ2v) is 10.9.